The van der Waals surface area contributed by atoms with Gasteiger partial charge in [0.25, 0.3) is 0 Å². The molecule has 6 N–H and O–H groups in total. The molecule has 0 amide bonds. The number of piperidine rings is 6. The minimum Gasteiger partial charge on any atom is -0.385 e. The molecule has 12 atom stereocenters. The quantitative estimate of drug-likeness (QED) is 0.0466. The van der Waals surface area contributed by atoms with Crippen LogP contribution in [0.5, 0.6) is 0 Å². The molecule has 6 saturated heterocycles. The van der Waals surface area contributed by atoms with Crippen LogP contribution in [0.4, 0.5) is 0 Å². The lowest BCUT2D eigenvalue weighted by atomic mass is 9.75. The monoisotopic (exact) mass is 1930 g/mol. The summed E-state index contributed by atoms with van der Waals surface area (Å²) >= 11 is 0. The van der Waals surface area contributed by atoms with Gasteiger partial charge in [-0.25, -0.2) is 0 Å². The van der Waals surface area contributed by atoms with E-state index in [0.717, 1.165) is 151 Å². The summed E-state index contributed by atoms with van der Waals surface area (Å²) in [5.41, 5.74) is 3.83. The molecule has 12 rings (SSSR count). The molecule has 6 aromatic rings. The highest BCUT2D eigenvalue weighted by Crippen LogP contribution is 2.44. The van der Waals surface area contributed by atoms with Crippen LogP contribution in [0.3, 0.4) is 0 Å². The molecule has 6 aliphatic rings. The maximum Gasteiger partial charge on any atom is 0.0991 e. The van der Waals surface area contributed by atoms with Gasteiger partial charge in [-0.3, -0.25) is 0 Å². The number of benzene rings is 6. The van der Waals surface area contributed by atoms with Gasteiger partial charge in [0.05, 0.1) is 103 Å². The molecule has 0 spiro atoms. The van der Waals surface area contributed by atoms with Gasteiger partial charge in [-0.05, 0) is 272 Å². The molecular weight excluding hydrogens is 1730 g/mol. The number of likely N-dealkylation sites (tertiary alicyclic amines) is 6. The van der Waals surface area contributed by atoms with Crippen molar-refractivity contribution < 1.29 is 30.6 Å². The smallest absolute Gasteiger partial charge is 0.0991 e. The van der Waals surface area contributed by atoms with Gasteiger partial charge in [-0.15, -0.1) is 0 Å². The van der Waals surface area contributed by atoms with Gasteiger partial charge in [0, 0.05) is 153 Å². The molecule has 0 bridgehead atoms. The highest BCUT2D eigenvalue weighted by molar-refractivity contribution is 5.42. The van der Waals surface area contributed by atoms with E-state index in [9.17, 15) is 30.6 Å². The van der Waals surface area contributed by atoms with Crippen LogP contribution in [0.25, 0.3) is 0 Å². The summed E-state index contributed by atoms with van der Waals surface area (Å²) in [5, 5.41) is 122. The number of hydrogen-bond donors (Lipinski definition) is 6. The summed E-state index contributed by atoms with van der Waals surface area (Å²) in [4.78, 5) is 26.2. The summed E-state index contributed by atoms with van der Waals surface area (Å²) in [6.07, 6.45) is 4.23. The molecule has 24 heteroatoms. The molecular formula is C115H202N18O6. The van der Waals surface area contributed by atoms with Crippen LogP contribution in [0.2, 0.25) is 0 Å². The maximum absolute atomic E-state index is 11.2. The molecule has 6 aliphatic heterocycles. The number of aliphatic hydroxyl groups is 6. The van der Waals surface area contributed by atoms with Crippen LogP contribution in [0.15, 0.2) is 146 Å². The summed E-state index contributed by atoms with van der Waals surface area (Å²) in [7, 11) is 36.9. The second-order valence-electron chi connectivity index (χ2n) is 36.5. The molecule has 0 aromatic heterocycles. The Balaban J connectivity index is -0.000000291. The van der Waals surface area contributed by atoms with Crippen molar-refractivity contribution >= 4 is 0 Å². The fourth-order valence-electron chi connectivity index (χ4n) is 18.4. The SMILES string of the molecule is C.C.C.C.C.C.C.CC.CC.CC.CC.CC.CC.CN(C)C[C@@H]1CN(C)CC[C@@]1(O)c1cccc(C#N)c1.CN(C)C[C@@H]1CN(C)CC[C@@]1(O)c1cccc(C#N)c1.CN(C)C[C@@H]1CN(C)CC[C@]1(O)c1cccc(C#N)c1.CN(C)C[C@H]1CN(C)CC[C@@]1(O)c1cccc(C#N)c1.CN(C)C[C@H]1CN(C)CC[C@]1(O)c1cccc(C#N)c1.CN(C)C[C@H]1CN(C)CC[C@]1(O)c1cccc(C#N)c1. The number of nitriles is 6. The van der Waals surface area contributed by atoms with E-state index in [2.05, 4.69) is 138 Å². The van der Waals surface area contributed by atoms with E-state index in [-0.39, 0.29) is 87.5 Å². The molecule has 24 nitrogen and oxygen atoms in total. The van der Waals surface area contributed by atoms with E-state index < -0.39 is 33.6 Å². The Kier molecular flexibility index (Phi) is 75.1. The average Bonchev–Trinajstić information content (AvgIpc) is 0.808. The second kappa shape index (κ2) is 72.7. The average molecular weight is 1930 g/mol. The van der Waals surface area contributed by atoms with E-state index in [0.29, 0.717) is 71.9 Å². The first-order valence-corrected chi connectivity index (χ1v) is 48.1. The van der Waals surface area contributed by atoms with Crippen LogP contribution >= 0.6 is 0 Å². The van der Waals surface area contributed by atoms with E-state index in [4.69, 9.17) is 31.6 Å². The van der Waals surface area contributed by atoms with Gasteiger partial charge in [0.15, 0.2) is 0 Å². The molecule has 0 aliphatic carbocycles. The zero-order valence-electron chi connectivity index (χ0n) is 87.0. The van der Waals surface area contributed by atoms with Crippen LogP contribution < -0.4 is 0 Å². The van der Waals surface area contributed by atoms with Crippen molar-refractivity contribution in [2.24, 2.45) is 35.5 Å². The van der Waals surface area contributed by atoms with Crippen molar-refractivity contribution in [3.05, 3.63) is 212 Å². The zero-order chi connectivity index (χ0) is 101. The Morgan fingerprint density at radius 3 is 0.432 bits per heavy atom. The number of hydrogen-bond acceptors (Lipinski definition) is 24. The van der Waals surface area contributed by atoms with E-state index in [1.54, 1.807) is 36.4 Å². The minimum absolute atomic E-state index is 0. The molecule has 6 heterocycles. The summed E-state index contributed by atoms with van der Waals surface area (Å²) in [6, 6.07) is 57.4. The largest absolute Gasteiger partial charge is 0.385 e. The van der Waals surface area contributed by atoms with Gasteiger partial charge in [0.1, 0.15) is 0 Å². The van der Waals surface area contributed by atoms with Crippen LogP contribution in [0.1, 0.15) is 240 Å². The van der Waals surface area contributed by atoms with Gasteiger partial charge in [0.2, 0.25) is 0 Å². The fourth-order valence-corrected chi connectivity index (χ4v) is 18.4. The molecule has 139 heavy (non-hydrogen) atoms. The molecule has 6 aromatic carbocycles. The molecule has 0 unspecified atom stereocenters. The molecule has 788 valence electrons. The van der Waals surface area contributed by atoms with Crippen molar-refractivity contribution in [3.8, 4) is 36.4 Å². The van der Waals surface area contributed by atoms with E-state index in [1.807, 2.05) is 277 Å². The van der Waals surface area contributed by atoms with E-state index >= 15 is 0 Å². The van der Waals surface area contributed by atoms with Crippen molar-refractivity contribution in [1.29, 1.82) is 31.6 Å². The summed E-state index contributed by atoms with van der Waals surface area (Å²) < 4.78 is 0. The minimum atomic E-state index is -0.844. The maximum atomic E-state index is 11.2. The normalized spacial score (nSPS) is 24.0. The van der Waals surface area contributed by atoms with Crippen LogP contribution in [-0.4, -0.2) is 334 Å². The summed E-state index contributed by atoms with van der Waals surface area (Å²) in [6.45, 7) is 39.4. The topological polar surface area (TPSA) is 303 Å². The van der Waals surface area contributed by atoms with Gasteiger partial charge in [-0.1, -0.05) is 208 Å². The first-order chi connectivity index (χ1) is 62.7. The third-order valence-electron chi connectivity index (χ3n) is 25.0. The standard InChI is InChI=1S/6C16H23N3O.6C2H6.7CH4/c6*1-18(2)11-15-12-19(3)8-7-16(15,20)14-6-4-5-13(9-14)10-17;6*1-2;;;;;;;/h6*4-6,9,15,20H,7-8,11-12H2,1-3H3;6*1-2H3;7*1H4/t2*15-,16+;4*15-,16-;;;;;;;;;;;;;/m101100............./s1. The van der Waals surface area contributed by atoms with Crippen molar-refractivity contribution in [2.45, 2.75) is 207 Å². The van der Waals surface area contributed by atoms with Crippen LogP contribution in [0, 0.1) is 103 Å². The summed E-state index contributed by atoms with van der Waals surface area (Å²) in [5.74, 6) is 0.862. The molecule has 0 radical (unpaired) electrons. The lowest BCUT2D eigenvalue weighted by molar-refractivity contribution is -0.0799. The van der Waals surface area contributed by atoms with Gasteiger partial charge >= 0.3 is 0 Å². The Bertz CT molecular complexity index is 3770. The first-order valence-electron chi connectivity index (χ1n) is 48.1. The predicted molar refractivity (Wildman–Crippen MR) is 590 cm³/mol. The Morgan fingerprint density at radius 2 is 0.338 bits per heavy atom. The predicted octanol–water partition coefficient (Wildman–Crippen LogP) is 18.2. The number of rotatable bonds is 18. The second-order valence-corrected chi connectivity index (χ2v) is 36.5. The fraction of sp³-hybridized carbons (Fsp3) is 0.635. The van der Waals surface area contributed by atoms with E-state index in [1.165, 1.54) is 0 Å². The third kappa shape index (κ3) is 43.7. The highest BCUT2D eigenvalue weighted by Gasteiger charge is 2.48. The number of nitrogens with zero attached hydrogens (tertiary/aromatic N) is 18. The Labute approximate surface area is 852 Å². The van der Waals surface area contributed by atoms with Gasteiger partial charge < -0.3 is 89.4 Å². The highest BCUT2D eigenvalue weighted by atomic mass is 16.3. The Morgan fingerprint density at radius 1 is 0.230 bits per heavy atom. The Hall–Kier alpha value is -8.46. The zero-order valence-corrected chi connectivity index (χ0v) is 87.0. The lowest BCUT2D eigenvalue weighted by Gasteiger charge is -2.45. The van der Waals surface area contributed by atoms with Gasteiger partial charge in [-0.2, -0.15) is 31.6 Å². The molecule has 0 saturated carbocycles. The van der Waals surface area contributed by atoms with Crippen molar-refractivity contribution in [3.63, 3.8) is 0 Å². The van der Waals surface area contributed by atoms with Crippen LogP contribution in [-0.2, 0) is 33.6 Å². The van der Waals surface area contributed by atoms with Crippen molar-refractivity contribution in [1.82, 2.24) is 58.8 Å². The molecule has 6 fully saturated rings. The first kappa shape index (κ1) is 144. The lowest BCUT2D eigenvalue weighted by Crippen LogP contribution is -2.52. The third-order valence-corrected chi connectivity index (χ3v) is 25.0. The van der Waals surface area contributed by atoms with Crippen molar-refractivity contribution in [2.75, 3.05) is 245 Å².